The lowest BCUT2D eigenvalue weighted by molar-refractivity contribution is 0.351. The van der Waals surface area contributed by atoms with E-state index >= 15 is 0 Å². The lowest BCUT2D eigenvalue weighted by Crippen LogP contribution is -1.96. The van der Waals surface area contributed by atoms with Gasteiger partial charge in [-0.15, -0.1) is 6.42 Å². The second-order valence-electron chi connectivity index (χ2n) is 2.65. The Balaban J connectivity index is 0.000000423. The summed E-state index contributed by atoms with van der Waals surface area (Å²) in [6.45, 7) is 1.69. The van der Waals surface area contributed by atoms with Crippen LogP contribution in [0, 0.1) is 19.3 Å². The molecule has 4 nitrogen and oxygen atoms in total. The van der Waals surface area contributed by atoms with Crippen LogP contribution in [0.1, 0.15) is 5.56 Å². The van der Waals surface area contributed by atoms with Crippen molar-refractivity contribution in [3.05, 3.63) is 29.8 Å². The van der Waals surface area contributed by atoms with E-state index in [9.17, 15) is 8.42 Å². The molecule has 0 atom stereocenters. The summed E-state index contributed by atoms with van der Waals surface area (Å²) in [5.74, 6) is 1.99. The van der Waals surface area contributed by atoms with Gasteiger partial charge in [0.2, 0.25) is 0 Å². The molecule has 0 fully saturated rings. The van der Waals surface area contributed by atoms with Gasteiger partial charge in [0.25, 0.3) is 10.1 Å². The van der Waals surface area contributed by atoms with Crippen LogP contribution >= 0.6 is 0 Å². The van der Waals surface area contributed by atoms with Crippen molar-refractivity contribution in [2.45, 2.75) is 11.8 Å². The predicted octanol–water partition coefficient (Wildman–Crippen LogP) is 0.854. The van der Waals surface area contributed by atoms with E-state index < -0.39 is 10.1 Å². The van der Waals surface area contributed by atoms with Gasteiger partial charge in [-0.2, -0.15) is 8.42 Å². The minimum absolute atomic E-state index is 0.0666. The van der Waals surface area contributed by atoms with Crippen molar-refractivity contribution >= 4 is 10.1 Å². The maximum atomic E-state index is 10.5. The third-order valence-corrected chi connectivity index (χ3v) is 2.28. The van der Waals surface area contributed by atoms with E-state index in [0.717, 1.165) is 5.56 Å². The van der Waals surface area contributed by atoms with Crippen molar-refractivity contribution < 1.29 is 18.1 Å². The van der Waals surface area contributed by atoms with Gasteiger partial charge in [-0.1, -0.05) is 23.6 Å². The fourth-order valence-electron chi connectivity index (χ4n) is 0.710. The summed E-state index contributed by atoms with van der Waals surface area (Å²) in [5, 5.41) is 7.64. The van der Waals surface area contributed by atoms with Crippen molar-refractivity contribution in [3.8, 4) is 12.3 Å². The van der Waals surface area contributed by atoms with Gasteiger partial charge < -0.3 is 5.11 Å². The van der Waals surface area contributed by atoms with E-state index in [4.69, 9.17) is 9.66 Å². The Morgan fingerprint density at radius 2 is 1.73 bits per heavy atom. The highest BCUT2D eigenvalue weighted by atomic mass is 32.2. The van der Waals surface area contributed by atoms with Gasteiger partial charge in [0.15, 0.2) is 0 Å². The Morgan fingerprint density at radius 3 is 2.00 bits per heavy atom. The van der Waals surface area contributed by atoms with Gasteiger partial charge in [-0.3, -0.25) is 4.55 Å². The molecule has 0 spiro atoms. The zero-order valence-corrected chi connectivity index (χ0v) is 9.03. The summed E-state index contributed by atoms with van der Waals surface area (Å²) in [6.07, 6.45) is 4.53. The van der Waals surface area contributed by atoms with E-state index in [-0.39, 0.29) is 11.5 Å². The van der Waals surface area contributed by atoms with Crippen LogP contribution in [0.25, 0.3) is 0 Å². The van der Waals surface area contributed by atoms with Crippen LogP contribution < -0.4 is 0 Å². The molecule has 0 saturated carbocycles. The minimum Gasteiger partial charge on any atom is -0.384 e. The molecule has 0 aliphatic carbocycles. The SMILES string of the molecule is C#CCO.Cc1ccc(S(=O)(=O)O)cc1. The lowest BCUT2D eigenvalue weighted by atomic mass is 10.2. The number of rotatable bonds is 1. The van der Waals surface area contributed by atoms with Gasteiger partial charge in [0.05, 0.1) is 4.90 Å². The molecule has 0 aliphatic heterocycles. The Morgan fingerprint density at radius 1 is 1.33 bits per heavy atom. The number of aliphatic hydroxyl groups excluding tert-OH is 1. The number of benzene rings is 1. The molecular formula is C10H12O4S. The van der Waals surface area contributed by atoms with E-state index in [1.807, 2.05) is 12.8 Å². The molecule has 2 N–H and O–H groups in total. The molecule has 0 amide bonds. The van der Waals surface area contributed by atoms with E-state index in [1.54, 1.807) is 12.1 Å². The smallest absolute Gasteiger partial charge is 0.294 e. The van der Waals surface area contributed by atoms with E-state index in [2.05, 4.69) is 6.42 Å². The second-order valence-corrected chi connectivity index (χ2v) is 4.07. The average Bonchev–Trinajstić information content (AvgIpc) is 2.17. The van der Waals surface area contributed by atoms with Crippen molar-refractivity contribution in [1.82, 2.24) is 0 Å². The fraction of sp³-hybridized carbons (Fsp3) is 0.200. The van der Waals surface area contributed by atoms with Crippen molar-refractivity contribution in [3.63, 3.8) is 0 Å². The summed E-state index contributed by atoms with van der Waals surface area (Å²) in [7, 11) is -4.02. The first-order chi connectivity index (χ1) is 6.91. The highest BCUT2D eigenvalue weighted by Crippen LogP contribution is 2.08. The van der Waals surface area contributed by atoms with Gasteiger partial charge in [-0.25, -0.2) is 0 Å². The number of terminal acetylenes is 1. The third kappa shape index (κ3) is 5.86. The molecule has 5 heteroatoms. The van der Waals surface area contributed by atoms with E-state index in [0.29, 0.717) is 0 Å². The minimum atomic E-state index is -4.02. The first kappa shape index (κ1) is 13.7. The predicted molar refractivity (Wildman–Crippen MR) is 56.9 cm³/mol. The molecule has 82 valence electrons. The summed E-state index contributed by atoms with van der Waals surface area (Å²) in [6, 6.07) is 5.99. The highest BCUT2D eigenvalue weighted by Gasteiger charge is 2.06. The average molecular weight is 228 g/mol. The molecule has 15 heavy (non-hydrogen) atoms. The van der Waals surface area contributed by atoms with Crippen LogP contribution in [0.4, 0.5) is 0 Å². The number of aliphatic hydroxyl groups is 1. The Hall–Kier alpha value is -1.35. The molecule has 0 saturated heterocycles. The second kappa shape index (κ2) is 6.19. The molecule has 0 bridgehead atoms. The number of aryl methyl sites for hydroxylation is 1. The van der Waals surface area contributed by atoms with Gasteiger partial charge in [-0.05, 0) is 19.1 Å². The largest absolute Gasteiger partial charge is 0.384 e. The first-order valence-corrected chi connectivity index (χ1v) is 5.44. The fourth-order valence-corrected chi connectivity index (χ4v) is 1.19. The van der Waals surface area contributed by atoms with Crippen molar-refractivity contribution in [1.29, 1.82) is 0 Å². The molecule has 1 aromatic carbocycles. The molecule has 0 radical (unpaired) electrons. The van der Waals surface area contributed by atoms with Crippen molar-refractivity contribution in [2.75, 3.05) is 6.61 Å². The Bertz CT molecular complexity index is 425. The third-order valence-electron chi connectivity index (χ3n) is 1.41. The summed E-state index contributed by atoms with van der Waals surface area (Å²) >= 11 is 0. The molecule has 1 rings (SSSR count). The Labute approximate surface area is 89.3 Å². The van der Waals surface area contributed by atoms with Crippen LogP contribution in [0.15, 0.2) is 29.2 Å². The van der Waals surface area contributed by atoms with Gasteiger partial charge in [0, 0.05) is 0 Å². The Kier molecular flexibility index (Phi) is 5.64. The van der Waals surface area contributed by atoms with Gasteiger partial charge >= 0.3 is 0 Å². The normalized spacial score (nSPS) is 9.73. The maximum Gasteiger partial charge on any atom is 0.294 e. The molecular weight excluding hydrogens is 216 g/mol. The first-order valence-electron chi connectivity index (χ1n) is 4.00. The van der Waals surface area contributed by atoms with E-state index in [1.165, 1.54) is 12.1 Å². The van der Waals surface area contributed by atoms with Crippen LogP contribution in [0.3, 0.4) is 0 Å². The molecule has 1 aromatic rings. The summed E-state index contributed by atoms with van der Waals surface area (Å²) in [4.78, 5) is -0.0666. The van der Waals surface area contributed by atoms with Crippen LogP contribution in [-0.2, 0) is 10.1 Å². The highest BCUT2D eigenvalue weighted by molar-refractivity contribution is 7.85. The molecule has 0 aromatic heterocycles. The molecule has 0 unspecified atom stereocenters. The molecule has 0 aliphatic rings. The number of hydrogen-bond donors (Lipinski definition) is 2. The van der Waals surface area contributed by atoms with Crippen molar-refractivity contribution in [2.24, 2.45) is 0 Å². The standard InChI is InChI=1S/C7H8O3S.C3H4O/c1-6-2-4-7(5-3-6)11(8,9)10;1-2-3-4/h2-5H,1H3,(H,8,9,10);1,4H,3H2. The lowest BCUT2D eigenvalue weighted by Gasteiger charge is -1.95. The quantitative estimate of drug-likeness (QED) is 0.552. The zero-order valence-electron chi connectivity index (χ0n) is 8.21. The van der Waals surface area contributed by atoms with Crippen LogP contribution in [0.2, 0.25) is 0 Å². The number of hydrogen-bond acceptors (Lipinski definition) is 3. The van der Waals surface area contributed by atoms with Gasteiger partial charge in [0.1, 0.15) is 6.61 Å². The maximum absolute atomic E-state index is 10.5. The monoisotopic (exact) mass is 228 g/mol. The van der Waals surface area contributed by atoms with Crippen LogP contribution in [0.5, 0.6) is 0 Å². The summed E-state index contributed by atoms with van der Waals surface area (Å²) in [5.41, 5.74) is 0.956. The molecule has 0 heterocycles. The summed E-state index contributed by atoms with van der Waals surface area (Å²) < 4.78 is 29.6. The van der Waals surface area contributed by atoms with Crippen LogP contribution in [-0.4, -0.2) is 24.7 Å². The topological polar surface area (TPSA) is 74.6 Å². The zero-order chi connectivity index (χ0) is 11.9.